The summed E-state index contributed by atoms with van der Waals surface area (Å²) in [5, 5.41) is 13.3. The number of methoxy groups -OCH3 is 1. The number of carbonyl (C=O) groups is 1. The van der Waals surface area contributed by atoms with Crippen LogP contribution in [0.4, 0.5) is 0 Å². The number of carboxylic acid groups (broad SMARTS) is 1. The number of benzene rings is 1. The monoisotopic (exact) mass is 343 g/mol. The first-order chi connectivity index (χ1) is 12.1. The summed E-state index contributed by atoms with van der Waals surface area (Å²) in [6.45, 7) is 1.45. The smallest absolute Gasteiger partial charge is 0.325 e. The first kappa shape index (κ1) is 16.6. The van der Waals surface area contributed by atoms with E-state index in [0.717, 1.165) is 0 Å². The molecule has 25 heavy (non-hydrogen) atoms. The number of hydrogen-bond donors (Lipinski definition) is 1. The summed E-state index contributed by atoms with van der Waals surface area (Å²) in [5.41, 5.74) is 0. The zero-order valence-corrected chi connectivity index (χ0v) is 13.7. The van der Waals surface area contributed by atoms with Gasteiger partial charge in [-0.1, -0.05) is 6.07 Å². The number of furan rings is 1. The fraction of sp³-hybridized carbons (Fsp3) is 0.235. The van der Waals surface area contributed by atoms with Gasteiger partial charge in [-0.25, -0.2) is 9.67 Å². The van der Waals surface area contributed by atoms with Crippen molar-refractivity contribution in [2.45, 2.75) is 19.6 Å². The summed E-state index contributed by atoms with van der Waals surface area (Å²) in [6.07, 6.45) is 0.978. The van der Waals surface area contributed by atoms with Crippen molar-refractivity contribution < 1.29 is 23.8 Å². The van der Waals surface area contributed by atoms with Crippen LogP contribution >= 0.6 is 0 Å². The van der Waals surface area contributed by atoms with Crippen LogP contribution in [0.5, 0.6) is 11.5 Å². The zero-order chi connectivity index (χ0) is 17.8. The van der Waals surface area contributed by atoms with Crippen LogP contribution in [0.2, 0.25) is 0 Å². The highest BCUT2D eigenvalue weighted by atomic mass is 16.5. The first-order valence-corrected chi connectivity index (χ1v) is 7.58. The van der Waals surface area contributed by atoms with E-state index in [1.807, 2.05) is 0 Å². The maximum atomic E-state index is 11.1. The Morgan fingerprint density at radius 1 is 1.32 bits per heavy atom. The highest BCUT2D eigenvalue weighted by molar-refractivity contribution is 5.66. The molecule has 2 aromatic heterocycles. The van der Waals surface area contributed by atoms with Crippen molar-refractivity contribution >= 4 is 5.97 Å². The molecule has 0 saturated carbocycles. The number of ether oxygens (including phenoxy) is 2. The maximum Gasteiger partial charge on any atom is 0.325 e. The summed E-state index contributed by atoms with van der Waals surface area (Å²) >= 11 is 0. The lowest BCUT2D eigenvalue weighted by atomic mass is 10.3. The van der Waals surface area contributed by atoms with Crippen LogP contribution in [0.3, 0.4) is 0 Å². The molecule has 0 bridgehead atoms. The SMILES string of the molecule is COc1cccc(O[C@@H](C)c2nc(-c3ccco3)nn2CC(=O)O)c1. The molecule has 0 aliphatic heterocycles. The Morgan fingerprint density at radius 3 is 2.80 bits per heavy atom. The molecule has 0 unspecified atom stereocenters. The van der Waals surface area contributed by atoms with Gasteiger partial charge in [0.05, 0.1) is 13.4 Å². The summed E-state index contributed by atoms with van der Waals surface area (Å²) in [5.74, 6) is 1.37. The Morgan fingerprint density at radius 2 is 2.12 bits per heavy atom. The predicted molar refractivity (Wildman–Crippen MR) is 87.4 cm³/mol. The van der Waals surface area contributed by atoms with Crippen LogP contribution in [-0.4, -0.2) is 33.0 Å². The molecule has 0 fully saturated rings. The van der Waals surface area contributed by atoms with Gasteiger partial charge in [-0.2, -0.15) is 0 Å². The van der Waals surface area contributed by atoms with Crippen LogP contribution in [0, 0.1) is 0 Å². The number of hydrogen-bond acceptors (Lipinski definition) is 6. The molecule has 3 rings (SSSR count). The molecule has 0 spiro atoms. The van der Waals surface area contributed by atoms with Gasteiger partial charge in [-0.3, -0.25) is 4.79 Å². The van der Waals surface area contributed by atoms with Crippen molar-refractivity contribution in [3.05, 3.63) is 48.5 Å². The van der Waals surface area contributed by atoms with E-state index in [1.54, 1.807) is 50.4 Å². The number of aromatic nitrogens is 3. The van der Waals surface area contributed by atoms with Crippen molar-refractivity contribution in [3.63, 3.8) is 0 Å². The molecule has 130 valence electrons. The molecule has 1 aromatic carbocycles. The number of nitrogens with zero attached hydrogens (tertiary/aromatic N) is 3. The summed E-state index contributed by atoms with van der Waals surface area (Å²) in [7, 11) is 1.57. The Bertz CT molecular complexity index is 857. The Balaban J connectivity index is 1.89. The number of rotatable bonds is 7. The van der Waals surface area contributed by atoms with E-state index in [-0.39, 0.29) is 6.54 Å². The molecular weight excluding hydrogens is 326 g/mol. The topological polar surface area (TPSA) is 99.6 Å². The molecular formula is C17H17N3O5. The third-order valence-electron chi connectivity index (χ3n) is 3.44. The van der Waals surface area contributed by atoms with Gasteiger partial charge in [0.2, 0.25) is 5.82 Å². The average molecular weight is 343 g/mol. The van der Waals surface area contributed by atoms with Gasteiger partial charge in [0.1, 0.15) is 18.0 Å². The van der Waals surface area contributed by atoms with Gasteiger partial charge >= 0.3 is 5.97 Å². The molecule has 0 aliphatic carbocycles. The van der Waals surface area contributed by atoms with E-state index in [4.69, 9.17) is 19.0 Å². The summed E-state index contributed by atoms with van der Waals surface area (Å²) < 4.78 is 17.6. The van der Waals surface area contributed by atoms with Crippen molar-refractivity contribution in [2.75, 3.05) is 7.11 Å². The second-order valence-electron chi connectivity index (χ2n) is 5.26. The van der Waals surface area contributed by atoms with Crippen LogP contribution < -0.4 is 9.47 Å². The van der Waals surface area contributed by atoms with Gasteiger partial charge in [0, 0.05) is 6.07 Å². The molecule has 8 nitrogen and oxygen atoms in total. The van der Waals surface area contributed by atoms with E-state index in [0.29, 0.717) is 28.9 Å². The van der Waals surface area contributed by atoms with Gasteiger partial charge in [-0.15, -0.1) is 5.10 Å². The third kappa shape index (κ3) is 3.79. The maximum absolute atomic E-state index is 11.1. The molecule has 0 aliphatic rings. The first-order valence-electron chi connectivity index (χ1n) is 7.58. The predicted octanol–water partition coefficient (Wildman–Crippen LogP) is 2.77. The average Bonchev–Trinajstić information content (AvgIpc) is 3.24. The van der Waals surface area contributed by atoms with Gasteiger partial charge in [-0.05, 0) is 31.2 Å². The fourth-order valence-electron chi connectivity index (χ4n) is 2.34. The van der Waals surface area contributed by atoms with Crippen molar-refractivity contribution in [1.29, 1.82) is 0 Å². The second-order valence-corrected chi connectivity index (χ2v) is 5.26. The van der Waals surface area contributed by atoms with E-state index in [2.05, 4.69) is 10.1 Å². The molecule has 2 heterocycles. The Hall–Kier alpha value is -3.29. The lowest BCUT2D eigenvalue weighted by Gasteiger charge is -2.15. The molecule has 8 heteroatoms. The highest BCUT2D eigenvalue weighted by Crippen LogP contribution is 2.26. The lowest BCUT2D eigenvalue weighted by molar-refractivity contribution is -0.138. The summed E-state index contributed by atoms with van der Waals surface area (Å²) in [6, 6.07) is 10.5. The van der Waals surface area contributed by atoms with Crippen molar-refractivity contribution in [2.24, 2.45) is 0 Å². The van der Waals surface area contributed by atoms with Crippen LogP contribution in [0.25, 0.3) is 11.6 Å². The normalized spacial score (nSPS) is 11.9. The van der Waals surface area contributed by atoms with E-state index >= 15 is 0 Å². The van der Waals surface area contributed by atoms with Gasteiger partial charge in [0.15, 0.2) is 17.7 Å². The molecule has 0 amide bonds. The highest BCUT2D eigenvalue weighted by Gasteiger charge is 2.21. The minimum atomic E-state index is -1.02. The third-order valence-corrected chi connectivity index (χ3v) is 3.44. The zero-order valence-electron chi connectivity index (χ0n) is 13.7. The van der Waals surface area contributed by atoms with Crippen LogP contribution in [0.1, 0.15) is 18.9 Å². The molecule has 1 N–H and O–H groups in total. The van der Waals surface area contributed by atoms with Gasteiger partial charge in [0.25, 0.3) is 0 Å². The van der Waals surface area contributed by atoms with Crippen LogP contribution in [0.15, 0.2) is 47.1 Å². The number of carboxylic acids is 1. The Kier molecular flexibility index (Phi) is 4.69. The quantitative estimate of drug-likeness (QED) is 0.704. The van der Waals surface area contributed by atoms with E-state index in [9.17, 15) is 4.79 Å². The van der Waals surface area contributed by atoms with Crippen molar-refractivity contribution in [1.82, 2.24) is 14.8 Å². The Labute approximate surface area is 143 Å². The van der Waals surface area contributed by atoms with Crippen molar-refractivity contribution in [3.8, 4) is 23.1 Å². The largest absolute Gasteiger partial charge is 0.497 e. The minimum absolute atomic E-state index is 0.308. The molecule has 0 radical (unpaired) electrons. The molecule has 1 atom stereocenters. The number of aliphatic carboxylic acids is 1. The molecule has 0 saturated heterocycles. The van der Waals surface area contributed by atoms with E-state index in [1.165, 1.54) is 10.9 Å². The minimum Gasteiger partial charge on any atom is -0.497 e. The summed E-state index contributed by atoms with van der Waals surface area (Å²) in [4.78, 5) is 15.5. The van der Waals surface area contributed by atoms with Crippen LogP contribution in [-0.2, 0) is 11.3 Å². The molecule has 3 aromatic rings. The fourth-order valence-corrected chi connectivity index (χ4v) is 2.34. The second kappa shape index (κ2) is 7.08. The standard InChI is InChI=1S/C17H17N3O5/c1-11(25-13-6-3-5-12(9-13)23-2)17-18-16(14-7-4-8-24-14)19-20(17)10-15(21)22/h3-9,11H,10H2,1-2H3,(H,21,22)/t11-/m0/s1. The van der Waals surface area contributed by atoms with Gasteiger partial charge < -0.3 is 19.0 Å². The van der Waals surface area contributed by atoms with E-state index < -0.39 is 12.1 Å². The lowest BCUT2D eigenvalue weighted by Crippen LogP contribution is -2.17.